The number of nitrogens with zero attached hydrogens (tertiary/aromatic N) is 1. The standard InChI is InChI=1S/C10H18N2O6/c1-4-18-7(14)5-12(3)10(17)11-8(6(2)13)9(15)16/h6,8,13H,4-5H2,1-3H3,(H,11,17)(H,15,16). The van der Waals surface area contributed by atoms with Crippen molar-refractivity contribution < 1.29 is 29.3 Å². The summed E-state index contributed by atoms with van der Waals surface area (Å²) in [5, 5.41) is 20.0. The molecule has 0 aliphatic heterocycles. The van der Waals surface area contributed by atoms with Crippen molar-refractivity contribution in [3.63, 3.8) is 0 Å². The van der Waals surface area contributed by atoms with Gasteiger partial charge in [0.05, 0.1) is 12.7 Å². The van der Waals surface area contributed by atoms with E-state index in [9.17, 15) is 19.5 Å². The Morgan fingerprint density at radius 2 is 1.94 bits per heavy atom. The quantitative estimate of drug-likeness (QED) is 0.530. The van der Waals surface area contributed by atoms with Crippen molar-refractivity contribution in [2.24, 2.45) is 0 Å². The summed E-state index contributed by atoms with van der Waals surface area (Å²) in [6, 6.07) is -2.21. The lowest BCUT2D eigenvalue weighted by Crippen LogP contribution is -2.52. The number of aliphatic hydroxyl groups excluding tert-OH is 1. The largest absolute Gasteiger partial charge is 0.480 e. The minimum atomic E-state index is -1.43. The van der Waals surface area contributed by atoms with Gasteiger partial charge in [-0.05, 0) is 13.8 Å². The number of rotatable bonds is 6. The van der Waals surface area contributed by atoms with Crippen molar-refractivity contribution >= 4 is 18.0 Å². The second kappa shape index (κ2) is 7.49. The van der Waals surface area contributed by atoms with Crippen LogP contribution in [0.4, 0.5) is 4.79 Å². The zero-order valence-corrected chi connectivity index (χ0v) is 10.5. The molecule has 0 aliphatic carbocycles. The minimum Gasteiger partial charge on any atom is -0.480 e. The highest BCUT2D eigenvalue weighted by Gasteiger charge is 2.26. The molecular weight excluding hydrogens is 244 g/mol. The second-order valence-electron chi connectivity index (χ2n) is 3.67. The van der Waals surface area contributed by atoms with Crippen molar-refractivity contribution in [3.8, 4) is 0 Å². The van der Waals surface area contributed by atoms with Gasteiger partial charge in [0.15, 0.2) is 6.04 Å². The number of likely N-dealkylation sites (N-methyl/N-ethyl adjacent to an activating group) is 1. The van der Waals surface area contributed by atoms with Gasteiger partial charge >= 0.3 is 18.0 Å². The van der Waals surface area contributed by atoms with Crippen molar-refractivity contribution in [1.29, 1.82) is 0 Å². The zero-order chi connectivity index (χ0) is 14.3. The zero-order valence-electron chi connectivity index (χ0n) is 10.5. The average Bonchev–Trinajstić information content (AvgIpc) is 2.24. The third kappa shape index (κ3) is 5.48. The number of aliphatic carboxylic acids is 1. The number of hydrogen-bond donors (Lipinski definition) is 3. The number of carboxylic acid groups (broad SMARTS) is 1. The van der Waals surface area contributed by atoms with Crippen LogP contribution in [0.5, 0.6) is 0 Å². The SMILES string of the molecule is CCOC(=O)CN(C)C(=O)NC(C(=O)O)C(C)O. The molecule has 0 bridgehead atoms. The maximum absolute atomic E-state index is 11.5. The topological polar surface area (TPSA) is 116 Å². The molecule has 18 heavy (non-hydrogen) atoms. The van der Waals surface area contributed by atoms with Gasteiger partial charge in [-0.3, -0.25) is 4.79 Å². The predicted octanol–water partition coefficient (Wildman–Crippen LogP) is -0.975. The van der Waals surface area contributed by atoms with Crippen LogP contribution in [0.15, 0.2) is 0 Å². The summed E-state index contributed by atoms with van der Waals surface area (Å²) in [6.45, 7) is 2.77. The summed E-state index contributed by atoms with van der Waals surface area (Å²) in [5.74, 6) is -1.96. The number of carboxylic acids is 1. The predicted molar refractivity (Wildman–Crippen MR) is 60.9 cm³/mol. The lowest BCUT2D eigenvalue weighted by molar-refractivity contribution is -0.143. The number of nitrogens with one attached hydrogen (secondary N) is 1. The number of aliphatic hydroxyl groups is 1. The summed E-state index contributed by atoms with van der Waals surface area (Å²) in [6.07, 6.45) is -1.25. The van der Waals surface area contributed by atoms with Crippen LogP contribution in [0.25, 0.3) is 0 Å². The third-order valence-corrected chi connectivity index (χ3v) is 2.05. The molecule has 0 radical (unpaired) electrons. The number of hydrogen-bond acceptors (Lipinski definition) is 5. The first-order chi connectivity index (χ1) is 8.29. The van der Waals surface area contributed by atoms with Gasteiger partial charge < -0.3 is 25.2 Å². The molecule has 0 aromatic rings. The van der Waals surface area contributed by atoms with Crippen LogP contribution in [-0.4, -0.2) is 65.4 Å². The average molecular weight is 262 g/mol. The van der Waals surface area contributed by atoms with E-state index < -0.39 is 30.1 Å². The molecular formula is C10H18N2O6. The van der Waals surface area contributed by atoms with Gasteiger partial charge in [0, 0.05) is 7.05 Å². The Hall–Kier alpha value is -1.83. The fourth-order valence-corrected chi connectivity index (χ4v) is 1.10. The molecule has 8 nitrogen and oxygen atoms in total. The van der Waals surface area contributed by atoms with Crippen LogP contribution >= 0.6 is 0 Å². The van der Waals surface area contributed by atoms with Gasteiger partial charge in [0.1, 0.15) is 6.54 Å². The Morgan fingerprint density at radius 1 is 1.39 bits per heavy atom. The Bertz CT molecular complexity index is 317. The van der Waals surface area contributed by atoms with E-state index in [1.54, 1.807) is 6.92 Å². The highest BCUT2D eigenvalue weighted by molar-refractivity contribution is 5.85. The molecule has 0 fully saturated rings. The van der Waals surface area contributed by atoms with Crippen LogP contribution in [0.2, 0.25) is 0 Å². The van der Waals surface area contributed by atoms with E-state index in [0.29, 0.717) is 0 Å². The maximum atomic E-state index is 11.5. The molecule has 0 rings (SSSR count). The van der Waals surface area contributed by atoms with E-state index in [4.69, 9.17) is 5.11 Å². The molecule has 0 aromatic heterocycles. The lowest BCUT2D eigenvalue weighted by atomic mass is 10.2. The van der Waals surface area contributed by atoms with Crippen LogP contribution in [0.1, 0.15) is 13.8 Å². The van der Waals surface area contributed by atoms with Crippen molar-refractivity contribution in [1.82, 2.24) is 10.2 Å². The van der Waals surface area contributed by atoms with Crippen molar-refractivity contribution in [2.75, 3.05) is 20.2 Å². The molecule has 2 unspecified atom stereocenters. The van der Waals surface area contributed by atoms with Crippen molar-refractivity contribution in [3.05, 3.63) is 0 Å². The fraction of sp³-hybridized carbons (Fsp3) is 0.700. The summed E-state index contributed by atoms with van der Waals surface area (Å²) in [5.41, 5.74) is 0. The van der Waals surface area contributed by atoms with Gasteiger partial charge in [0.2, 0.25) is 0 Å². The van der Waals surface area contributed by atoms with E-state index in [-0.39, 0.29) is 13.2 Å². The Morgan fingerprint density at radius 3 is 2.33 bits per heavy atom. The molecule has 0 aromatic carbocycles. The number of ether oxygens (including phenoxy) is 1. The minimum absolute atomic E-state index is 0.194. The second-order valence-corrected chi connectivity index (χ2v) is 3.67. The Kier molecular flexibility index (Phi) is 6.73. The lowest BCUT2D eigenvalue weighted by Gasteiger charge is -2.22. The molecule has 0 aliphatic rings. The first-order valence-electron chi connectivity index (χ1n) is 5.37. The monoisotopic (exact) mass is 262 g/mol. The summed E-state index contributed by atoms with van der Waals surface area (Å²) >= 11 is 0. The van der Waals surface area contributed by atoms with Crippen LogP contribution in [-0.2, 0) is 14.3 Å². The van der Waals surface area contributed by atoms with E-state index in [2.05, 4.69) is 10.1 Å². The van der Waals surface area contributed by atoms with Crippen LogP contribution in [0, 0.1) is 0 Å². The molecule has 2 atom stereocenters. The van der Waals surface area contributed by atoms with Gasteiger partial charge in [-0.25, -0.2) is 9.59 Å². The maximum Gasteiger partial charge on any atom is 0.328 e. The fourth-order valence-electron chi connectivity index (χ4n) is 1.10. The van der Waals surface area contributed by atoms with Crippen LogP contribution < -0.4 is 5.32 Å². The van der Waals surface area contributed by atoms with Gasteiger partial charge in [-0.15, -0.1) is 0 Å². The van der Waals surface area contributed by atoms with Gasteiger partial charge in [-0.2, -0.15) is 0 Å². The molecule has 0 heterocycles. The third-order valence-electron chi connectivity index (χ3n) is 2.05. The molecule has 0 spiro atoms. The number of amides is 2. The molecule has 0 saturated heterocycles. The van der Waals surface area contributed by atoms with Crippen LogP contribution in [0.3, 0.4) is 0 Å². The smallest absolute Gasteiger partial charge is 0.328 e. The summed E-state index contributed by atoms with van der Waals surface area (Å²) in [4.78, 5) is 34.3. The van der Waals surface area contributed by atoms with E-state index in [1.807, 2.05) is 0 Å². The summed E-state index contributed by atoms with van der Waals surface area (Å²) in [7, 11) is 1.31. The molecule has 0 saturated carbocycles. The number of urea groups is 1. The first-order valence-corrected chi connectivity index (χ1v) is 5.37. The number of esters is 1. The number of carbonyl (C=O) groups is 3. The van der Waals surface area contributed by atoms with Crippen molar-refractivity contribution in [2.45, 2.75) is 26.0 Å². The Labute approximate surface area is 105 Å². The van der Waals surface area contributed by atoms with Gasteiger partial charge in [0.25, 0.3) is 0 Å². The summed E-state index contributed by atoms with van der Waals surface area (Å²) < 4.78 is 4.64. The normalized spacial score (nSPS) is 13.3. The first kappa shape index (κ1) is 16.2. The highest BCUT2D eigenvalue weighted by Crippen LogP contribution is 1.96. The van der Waals surface area contributed by atoms with E-state index in [0.717, 1.165) is 4.90 Å². The molecule has 2 amide bonds. The molecule has 3 N–H and O–H groups in total. The molecule has 104 valence electrons. The van der Waals surface area contributed by atoms with E-state index in [1.165, 1.54) is 14.0 Å². The molecule has 8 heteroatoms. The van der Waals surface area contributed by atoms with Gasteiger partial charge in [-0.1, -0.05) is 0 Å². The Balaban J connectivity index is 4.38. The van der Waals surface area contributed by atoms with E-state index >= 15 is 0 Å². The number of carbonyl (C=O) groups excluding carboxylic acids is 2. The highest BCUT2D eigenvalue weighted by atomic mass is 16.5.